The minimum Gasteiger partial charge on any atom is -0.462 e. The number of esters is 4. The van der Waals surface area contributed by atoms with Crippen molar-refractivity contribution in [3.8, 4) is 0 Å². The van der Waals surface area contributed by atoms with Crippen molar-refractivity contribution in [2.45, 2.75) is 432 Å². The van der Waals surface area contributed by atoms with Gasteiger partial charge in [0, 0.05) is 25.7 Å². The van der Waals surface area contributed by atoms with Gasteiger partial charge in [-0.3, -0.25) is 37.3 Å². The molecule has 0 saturated carbocycles. The van der Waals surface area contributed by atoms with Gasteiger partial charge in [-0.15, -0.1) is 0 Å². The second-order valence-corrected chi connectivity index (χ2v) is 33.0. The van der Waals surface area contributed by atoms with Crippen LogP contribution in [0, 0.1) is 11.8 Å². The molecule has 0 amide bonds. The smallest absolute Gasteiger partial charge is 0.462 e. The topological polar surface area (TPSA) is 237 Å². The van der Waals surface area contributed by atoms with Crippen molar-refractivity contribution < 1.29 is 80.2 Å². The fourth-order valence-corrected chi connectivity index (χ4v) is 13.9. The molecule has 102 heavy (non-hydrogen) atoms. The minimum atomic E-state index is -4.97. The predicted molar refractivity (Wildman–Crippen MR) is 418 cm³/mol. The lowest BCUT2D eigenvalue weighted by atomic mass is 10.0. The van der Waals surface area contributed by atoms with Gasteiger partial charge in [-0.1, -0.05) is 361 Å². The maximum Gasteiger partial charge on any atom is 0.472 e. The van der Waals surface area contributed by atoms with Gasteiger partial charge < -0.3 is 33.8 Å². The third-order valence-electron chi connectivity index (χ3n) is 18.8. The summed E-state index contributed by atoms with van der Waals surface area (Å²) in [4.78, 5) is 73.1. The number of phosphoric ester groups is 2. The van der Waals surface area contributed by atoms with Gasteiger partial charge >= 0.3 is 39.5 Å². The molecule has 0 rings (SSSR count). The molecule has 0 heterocycles. The Hall–Kier alpha value is -2.46. The largest absolute Gasteiger partial charge is 0.472 e. The summed E-state index contributed by atoms with van der Waals surface area (Å²) in [6.07, 6.45) is 67.6. The van der Waals surface area contributed by atoms with E-state index in [1.54, 1.807) is 0 Å². The fourth-order valence-electron chi connectivity index (χ4n) is 12.3. The van der Waals surface area contributed by atoms with Crippen LogP contribution in [0.25, 0.3) is 0 Å². The van der Waals surface area contributed by atoms with Crippen LogP contribution in [0.4, 0.5) is 0 Å². The molecule has 0 aromatic rings. The van der Waals surface area contributed by atoms with Gasteiger partial charge in [-0.25, -0.2) is 9.13 Å². The van der Waals surface area contributed by atoms with Gasteiger partial charge in [-0.05, 0) is 63.2 Å². The Bertz CT molecular complexity index is 2050. The zero-order chi connectivity index (χ0) is 74.9. The molecule has 0 aliphatic rings. The highest BCUT2D eigenvalue weighted by Gasteiger charge is 2.30. The van der Waals surface area contributed by atoms with Crippen LogP contribution in [-0.4, -0.2) is 96.7 Å². The lowest BCUT2D eigenvalue weighted by Gasteiger charge is -2.21. The summed E-state index contributed by atoms with van der Waals surface area (Å²) in [5.41, 5.74) is 0. The molecule has 0 aliphatic heterocycles. The quantitative estimate of drug-likeness (QED) is 0.0169. The summed E-state index contributed by atoms with van der Waals surface area (Å²) in [5, 5.41) is 10.6. The molecule has 5 atom stereocenters. The molecule has 0 saturated heterocycles. The van der Waals surface area contributed by atoms with Crippen molar-refractivity contribution in [3.63, 3.8) is 0 Å². The van der Waals surface area contributed by atoms with E-state index in [9.17, 15) is 43.2 Å². The van der Waals surface area contributed by atoms with Gasteiger partial charge in [0.05, 0.1) is 26.4 Å². The van der Waals surface area contributed by atoms with E-state index in [0.29, 0.717) is 25.7 Å². The van der Waals surface area contributed by atoms with Crippen molar-refractivity contribution in [2.24, 2.45) is 11.8 Å². The SMILES string of the molecule is CCCCCC/C=C\C=C/CCCCCCCC(=O)OC[C@H](COP(=O)(O)OC[C@@H](O)COP(=O)(O)OC[C@@H](COC(=O)CCCCCCCCCCCC(C)C)OC(=O)CCCCCCCCCCCCC(C)C)OC(=O)CCCCCCCCCCCCCCCCCCCCCCCC. The van der Waals surface area contributed by atoms with E-state index in [-0.39, 0.29) is 25.7 Å². The van der Waals surface area contributed by atoms with Crippen LogP contribution in [-0.2, 0) is 65.4 Å². The first kappa shape index (κ1) is 99.5. The molecule has 19 heteroatoms. The number of unbranched alkanes of at least 4 members (excludes halogenated alkanes) is 47. The van der Waals surface area contributed by atoms with Crippen molar-refractivity contribution in [1.82, 2.24) is 0 Å². The Kier molecular flexibility index (Phi) is 72.2. The first-order valence-corrected chi connectivity index (χ1v) is 45.3. The van der Waals surface area contributed by atoms with E-state index >= 15 is 0 Å². The Morgan fingerprint density at radius 2 is 0.529 bits per heavy atom. The molecule has 2 unspecified atom stereocenters. The van der Waals surface area contributed by atoms with Crippen LogP contribution in [0.3, 0.4) is 0 Å². The molecule has 0 radical (unpaired) electrons. The number of allylic oxidation sites excluding steroid dienone is 4. The summed E-state index contributed by atoms with van der Waals surface area (Å²) >= 11 is 0. The number of carbonyl (C=O) groups is 4. The normalized spacial score (nSPS) is 14.0. The number of hydrogen-bond acceptors (Lipinski definition) is 15. The van der Waals surface area contributed by atoms with Gasteiger partial charge in [0.2, 0.25) is 0 Å². The van der Waals surface area contributed by atoms with Crippen LogP contribution >= 0.6 is 15.6 Å². The lowest BCUT2D eigenvalue weighted by molar-refractivity contribution is -0.161. The van der Waals surface area contributed by atoms with E-state index in [4.69, 9.17) is 37.0 Å². The summed E-state index contributed by atoms with van der Waals surface area (Å²) in [6, 6.07) is 0. The number of carbonyl (C=O) groups excluding carboxylic acids is 4. The average molecular weight is 1490 g/mol. The van der Waals surface area contributed by atoms with Gasteiger partial charge in [-0.2, -0.15) is 0 Å². The molecular weight excluding hydrogens is 1330 g/mol. The summed E-state index contributed by atoms with van der Waals surface area (Å²) in [6.45, 7) is 9.54. The van der Waals surface area contributed by atoms with Crippen LogP contribution < -0.4 is 0 Å². The predicted octanol–water partition coefficient (Wildman–Crippen LogP) is 24.6. The highest BCUT2D eigenvalue weighted by Crippen LogP contribution is 2.45. The molecule has 17 nitrogen and oxygen atoms in total. The van der Waals surface area contributed by atoms with Crippen LogP contribution in [0.15, 0.2) is 24.3 Å². The molecule has 0 aromatic carbocycles. The highest BCUT2D eigenvalue weighted by atomic mass is 31.2. The summed E-state index contributed by atoms with van der Waals surface area (Å²) in [5.74, 6) is -0.646. The maximum atomic E-state index is 13.1. The molecule has 0 aromatic heterocycles. The molecule has 0 bridgehead atoms. The average Bonchev–Trinajstić information content (AvgIpc) is 0.945. The van der Waals surface area contributed by atoms with Crippen molar-refractivity contribution in [3.05, 3.63) is 24.3 Å². The number of phosphoric acid groups is 2. The number of aliphatic hydroxyl groups is 1. The van der Waals surface area contributed by atoms with E-state index in [1.165, 1.54) is 212 Å². The molecule has 3 N–H and O–H groups in total. The Morgan fingerprint density at radius 3 is 0.804 bits per heavy atom. The molecule has 0 aliphatic carbocycles. The molecule has 0 spiro atoms. The highest BCUT2D eigenvalue weighted by molar-refractivity contribution is 7.47. The van der Waals surface area contributed by atoms with E-state index in [1.807, 2.05) is 0 Å². The minimum absolute atomic E-state index is 0.102. The Labute approximate surface area is 624 Å². The van der Waals surface area contributed by atoms with E-state index in [0.717, 1.165) is 121 Å². The number of aliphatic hydroxyl groups excluding tert-OH is 1. The van der Waals surface area contributed by atoms with Crippen molar-refractivity contribution in [2.75, 3.05) is 39.6 Å². The molecular formula is C83H158O17P2. The third kappa shape index (κ3) is 75.8. The molecule has 0 fully saturated rings. The van der Waals surface area contributed by atoms with E-state index < -0.39 is 97.5 Å². The summed E-state index contributed by atoms with van der Waals surface area (Å²) < 4.78 is 68.7. The van der Waals surface area contributed by atoms with Gasteiger partial charge in [0.25, 0.3) is 0 Å². The number of ether oxygens (including phenoxy) is 4. The fraction of sp³-hybridized carbons (Fsp3) is 0.904. The maximum absolute atomic E-state index is 13.1. The zero-order valence-electron chi connectivity index (χ0n) is 66.4. The first-order chi connectivity index (χ1) is 49.4. The standard InChI is InChI=1S/C83H158O17P2/c1-7-9-11-13-15-17-19-21-23-24-25-26-27-28-29-31-33-35-42-49-55-61-67-82(87)99-78(71-93-80(85)65-59-53-47-41-34-32-30-22-20-18-16-14-12-10-8-2)73-97-101(89,90)95-69-77(84)70-96-102(91,92)98-74-79(72-94-81(86)66-60-54-48-44-38-40-46-52-58-64-76(5)6)100-83(88)68-62-56-50-43-37-36-39-45-51-57-63-75(3)4/h18,20,22,30,75-79,84H,7-17,19,21,23-29,31-74H2,1-6H3,(H,89,90)(H,91,92)/b20-18-,30-22-/t77-,78-,79-/m1/s1. The van der Waals surface area contributed by atoms with Crippen molar-refractivity contribution >= 4 is 39.5 Å². The van der Waals surface area contributed by atoms with Crippen molar-refractivity contribution in [1.29, 1.82) is 0 Å². The lowest BCUT2D eigenvalue weighted by Crippen LogP contribution is -2.30. The van der Waals surface area contributed by atoms with E-state index in [2.05, 4.69) is 65.8 Å². The van der Waals surface area contributed by atoms with Crippen LogP contribution in [0.5, 0.6) is 0 Å². The second-order valence-electron chi connectivity index (χ2n) is 30.1. The zero-order valence-corrected chi connectivity index (χ0v) is 68.2. The Balaban J connectivity index is 5.25. The first-order valence-electron chi connectivity index (χ1n) is 42.3. The van der Waals surface area contributed by atoms with Gasteiger partial charge in [0.15, 0.2) is 12.2 Å². The number of hydrogen-bond donors (Lipinski definition) is 3. The Morgan fingerprint density at radius 1 is 0.304 bits per heavy atom. The summed E-state index contributed by atoms with van der Waals surface area (Å²) in [7, 11) is -9.93. The van der Waals surface area contributed by atoms with Crippen LogP contribution in [0.2, 0.25) is 0 Å². The molecule has 602 valence electrons. The number of rotatable bonds is 80. The second kappa shape index (κ2) is 74.0. The van der Waals surface area contributed by atoms with Gasteiger partial charge in [0.1, 0.15) is 19.3 Å². The van der Waals surface area contributed by atoms with Crippen LogP contribution in [0.1, 0.15) is 414 Å². The monoisotopic (exact) mass is 1490 g/mol. The third-order valence-corrected chi connectivity index (χ3v) is 20.7.